The Labute approximate surface area is 147 Å². The van der Waals surface area contributed by atoms with Crippen molar-refractivity contribution >= 4 is 28.1 Å². The number of aromatic nitrogens is 1. The molecule has 24 heavy (non-hydrogen) atoms. The molecule has 0 unspecified atom stereocenters. The van der Waals surface area contributed by atoms with Crippen LogP contribution >= 0.6 is 11.3 Å². The van der Waals surface area contributed by atoms with E-state index in [2.05, 4.69) is 28.6 Å². The Bertz CT molecular complexity index is 670. The molecule has 1 amide bonds. The minimum Gasteiger partial charge on any atom is -0.382 e. The first-order chi connectivity index (χ1) is 11.7. The minimum atomic E-state index is -0.0710. The fourth-order valence-corrected chi connectivity index (χ4v) is 3.22. The van der Waals surface area contributed by atoms with Gasteiger partial charge in [0.1, 0.15) is 4.88 Å². The second kappa shape index (κ2) is 9.39. The minimum absolute atomic E-state index is 0.0710. The Morgan fingerprint density at radius 1 is 1.29 bits per heavy atom. The average Bonchev–Trinajstić information content (AvgIpc) is 2.95. The van der Waals surface area contributed by atoms with E-state index in [1.165, 1.54) is 16.9 Å². The third-order valence-electron chi connectivity index (χ3n) is 3.60. The molecular weight excluding hydrogens is 322 g/mol. The van der Waals surface area contributed by atoms with E-state index < -0.39 is 0 Å². The monoisotopic (exact) mass is 347 g/mol. The van der Waals surface area contributed by atoms with Gasteiger partial charge in [0.05, 0.1) is 5.69 Å². The van der Waals surface area contributed by atoms with E-state index in [-0.39, 0.29) is 5.91 Å². The van der Waals surface area contributed by atoms with Gasteiger partial charge in [0, 0.05) is 25.4 Å². The van der Waals surface area contributed by atoms with E-state index in [4.69, 9.17) is 4.74 Å². The molecule has 2 aromatic rings. The van der Waals surface area contributed by atoms with Gasteiger partial charge < -0.3 is 15.4 Å². The first-order valence-electron chi connectivity index (χ1n) is 8.34. The molecule has 0 bridgehead atoms. The fraction of sp³-hybridized carbons (Fsp3) is 0.444. The van der Waals surface area contributed by atoms with Crippen LogP contribution in [0.4, 0.5) is 10.8 Å². The lowest BCUT2D eigenvalue weighted by Gasteiger charge is -2.07. The van der Waals surface area contributed by atoms with Gasteiger partial charge in [-0.3, -0.25) is 4.79 Å². The lowest BCUT2D eigenvalue weighted by Crippen LogP contribution is -2.25. The summed E-state index contributed by atoms with van der Waals surface area (Å²) >= 11 is 1.38. The standard InChI is InChI=1S/C18H25N3O2S/c1-4-14-9-6-7-10-15(14)21-18-20-13(3)16(24-18)17(22)19-11-8-12-23-5-2/h6-7,9-10H,4-5,8,11-12H2,1-3H3,(H,19,22)(H,20,21). The van der Waals surface area contributed by atoms with Crippen molar-refractivity contribution in [1.29, 1.82) is 0 Å². The summed E-state index contributed by atoms with van der Waals surface area (Å²) in [5.74, 6) is -0.0710. The van der Waals surface area contributed by atoms with Crippen LogP contribution < -0.4 is 10.6 Å². The molecule has 0 aliphatic heterocycles. The van der Waals surface area contributed by atoms with E-state index in [1.807, 2.05) is 32.0 Å². The second-order valence-corrected chi connectivity index (χ2v) is 6.37. The number of benzene rings is 1. The number of rotatable bonds is 9. The average molecular weight is 347 g/mol. The predicted molar refractivity (Wildman–Crippen MR) is 99.4 cm³/mol. The zero-order valence-corrected chi connectivity index (χ0v) is 15.3. The van der Waals surface area contributed by atoms with Gasteiger partial charge in [0.2, 0.25) is 0 Å². The Morgan fingerprint density at radius 3 is 2.83 bits per heavy atom. The van der Waals surface area contributed by atoms with Crippen LogP contribution in [0.2, 0.25) is 0 Å². The maximum atomic E-state index is 12.3. The molecule has 5 nitrogen and oxygen atoms in total. The van der Waals surface area contributed by atoms with Crippen LogP contribution in [0.1, 0.15) is 41.2 Å². The number of para-hydroxylation sites is 1. The van der Waals surface area contributed by atoms with Crippen LogP contribution in [-0.4, -0.2) is 30.6 Å². The maximum absolute atomic E-state index is 12.3. The summed E-state index contributed by atoms with van der Waals surface area (Å²) < 4.78 is 5.27. The lowest BCUT2D eigenvalue weighted by molar-refractivity contribution is 0.0947. The van der Waals surface area contributed by atoms with Crippen LogP contribution in [0.25, 0.3) is 0 Å². The molecule has 2 rings (SSSR count). The van der Waals surface area contributed by atoms with E-state index >= 15 is 0 Å². The first kappa shape index (κ1) is 18.4. The number of nitrogens with zero attached hydrogens (tertiary/aromatic N) is 1. The van der Waals surface area contributed by atoms with Crippen molar-refractivity contribution in [1.82, 2.24) is 10.3 Å². The molecule has 2 N–H and O–H groups in total. The van der Waals surface area contributed by atoms with Gasteiger partial charge in [-0.2, -0.15) is 0 Å². The quantitative estimate of drug-likeness (QED) is 0.675. The summed E-state index contributed by atoms with van der Waals surface area (Å²) in [4.78, 5) is 17.4. The molecule has 1 heterocycles. The van der Waals surface area contributed by atoms with E-state index in [0.29, 0.717) is 24.6 Å². The molecule has 130 valence electrons. The molecule has 0 saturated heterocycles. The number of hydrogen-bond acceptors (Lipinski definition) is 5. The predicted octanol–water partition coefficient (Wildman–Crippen LogP) is 3.91. The number of aryl methyl sites for hydroxylation is 2. The molecule has 0 spiro atoms. The summed E-state index contributed by atoms with van der Waals surface area (Å²) in [6.45, 7) is 7.93. The topological polar surface area (TPSA) is 63.2 Å². The molecule has 0 atom stereocenters. The highest BCUT2D eigenvalue weighted by Gasteiger charge is 2.15. The van der Waals surface area contributed by atoms with Gasteiger partial charge in [0.15, 0.2) is 5.13 Å². The molecule has 1 aromatic heterocycles. The zero-order valence-electron chi connectivity index (χ0n) is 14.5. The number of nitrogens with one attached hydrogen (secondary N) is 2. The fourth-order valence-electron chi connectivity index (χ4n) is 2.33. The number of carbonyl (C=O) groups is 1. The normalized spacial score (nSPS) is 10.6. The van der Waals surface area contributed by atoms with Crippen LogP contribution in [0.5, 0.6) is 0 Å². The van der Waals surface area contributed by atoms with E-state index in [1.54, 1.807) is 0 Å². The van der Waals surface area contributed by atoms with Crippen LogP contribution in [0, 0.1) is 6.92 Å². The molecule has 0 saturated carbocycles. The van der Waals surface area contributed by atoms with Crippen molar-refractivity contribution in [3.63, 3.8) is 0 Å². The molecule has 1 aromatic carbocycles. The van der Waals surface area contributed by atoms with Gasteiger partial charge in [-0.05, 0) is 38.3 Å². The summed E-state index contributed by atoms with van der Waals surface area (Å²) in [6, 6.07) is 8.14. The number of ether oxygens (including phenoxy) is 1. The number of thiazole rings is 1. The van der Waals surface area contributed by atoms with Gasteiger partial charge in [-0.15, -0.1) is 0 Å². The van der Waals surface area contributed by atoms with Crippen LogP contribution in [0.15, 0.2) is 24.3 Å². The number of amides is 1. The van der Waals surface area contributed by atoms with E-state index in [9.17, 15) is 4.79 Å². The lowest BCUT2D eigenvalue weighted by atomic mass is 10.1. The summed E-state index contributed by atoms with van der Waals surface area (Å²) in [7, 11) is 0. The van der Waals surface area contributed by atoms with Gasteiger partial charge in [0.25, 0.3) is 5.91 Å². The van der Waals surface area contributed by atoms with Gasteiger partial charge in [-0.25, -0.2) is 4.98 Å². The van der Waals surface area contributed by atoms with Crippen LogP contribution in [0.3, 0.4) is 0 Å². The Hall–Kier alpha value is -1.92. The molecule has 0 aliphatic rings. The van der Waals surface area contributed by atoms with Gasteiger partial charge in [-0.1, -0.05) is 36.5 Å². The van der Waals surface area contributed by atoms with E-state index in [0.717, 1.165) is 29.4 Å². The van der Waals surface area contributed by atoms with Crippen molar-refractivity contribution in [2.45, 2.75) is 33.6 Å². The summed E-state index contributed by atoms with van der Waals surface area (Å²) in [6.07, 6.45) is 1.76. The van der Waals surface area contributed by atoms with Gasteiger partial charge >= 0.3 is 0 Å². The largest absolute Gasteiger partial charge is 0.382 e. The third kappa shape index (κ3) is 5.04. The highest BCUT2D eigenvalue weighted by Crippen LogP contribution is 2.27. The number of hydrogen-bond donors (Lipinski definition) is 2. The Kier molecular flexibility index (Phi) is 7.21. The maximum Gasteiger partial charge on any atom is 0.263 e. The Balaban J connectivity index is 1.98. The second-order valence-electron chi connectivity index (χ2n) is 5.38. The molecule has 0 radical (unpaired) electrons. The van der Waals surface area contributed by atoms with Crippen molar-refractivity contribution in [3.8, 4) is 0 Å². The molecular formula is C18H25N3O2S. The number of anilines is 2. The van der Waals surface area contributed by atoms with Crippen LogP contribution in [-0.2, 0) is 11.2 Å². The summed E-state index contributed by atoms with van der Waals surface area (Å²) in [5, 5.41) is 7.00. The molecule has 0 aliphatic carbocycles. The highest BCUT2D eigenvalue weighted by atomic mass is 32.1. The smallest absolute Gasteiger partial charge is 0.263 e. The highest BCUT2D eigenvalue weighted by molar-refractivity contribution is 7.17. The molecule has 6 heteroatoms. The molecule has 0 fully saturated rings. The summed E-state index contributed by atoms with van der Waals surface area (Å²) in [5.41, 5.74) is 3.02. The Morgan fingerprint density at radius 2 is 2.08 bits per heavy atom. The first-order valence-corrected chi connectivity index (χ1v) is 9.15. The van der Waals surface area contributed by atoms with Crippen molar-refractivity contribution in [2.75, 3.05) is 25.1 Å². The van der Waals surface area contributed by atoms with Crippen molar-refractivity contribution < 1.29 is 9.53 Å². The number of carbonyl (C=O) groups excluding carboxylic acids is 1. The zero-order chi connectivity index (χ0) is 17.4. The third-order valence-corrected chi connectivity index (χ3v) is 4.67. The SMILES string of the molecule is CCOCCCNC(=O)c1sc(Nc2ccccc2CC)nc1C. The van der Waals surface area contributed by atoms with Crippen molar-refractivity contribution in [3.05, 3.63) is 40.4 Å². The van der Waals surface area contributed by atoms with Crippen molar-refractivity contribution in [2.24, 2.45) is 0 Å².